The van der Waals surface area contributed by atoms with Gasteiger partial charge in [-0.15, -0.1) is 16.4 Å². The van der Waals surface area contributed by atoms with Crippen LogP contribution in [0, 0.1) is 0 Å². The van der Waals surface area contributed by atoms with Gasteiger partial charge >= 0.3 is 0 Å². The fourth-order valence-corrected chi connectivity index (χ4v) is 3.61. The van der Waals surface area contributed by atoms with E-state index in [4.69, 9.17) is 0 Å². The van der Waals surface area contributed by atoms with Crippen LogP contribution in [-0.4, -0.2) is 37.6 Å². The van der Waals surface area contributed by atoms with Gasteiger partial charge in [0.05, 0.1) is 11.3 Å². The molecule has 22 heavy (non-hydrogen) atoms. The fraction of sp³-hybridized carbons (Fsp3) is 0.200. The number of hydrogen-bond donors (Lipinski definition) is 0. The number of carbonyl (C=O) groups is 1. The molecule has 0 saturated carbocycles. The van der Waals surface area contributed by atoms with Crippen LogP contribution >= 0.6 is 11.3 Å². The third kappa shape index (κ3) is 2.19. The SMILES string of the molecule is O=C(c1ccccc1-n1cnnn1)N1CCc2sccc2C1. The fourth-order valence-electron chi connectivity index (χ4n) is 2.72. The predicted octanol–water partition coefficient (Wildman–Crippen LogP) is 1.92. The van der Waals surface area contributed by atoms with Crippen LogP contribution in [0.3, 0.4) is 0 Å². The standard InChI is InChI=1S/C15H13N5OS/c21-15(19-7-5-14-11(9-19)6-8-22-14)12-3-1-2-4-13(12)20-10-16-17-18-20/h1-4,6,8,10H,5,7,9H2. The number of para-hydroxylation sites is 1. The molecule has 110 valence electrons. The van der Waals surface area contributed by atoms with Crippen LogP contribution in [0.1, 0.15) is 20.8 Å². The maximum atomic E-state index is 12.9. The number of tetrazole rings is 1. The van der Waals surface area contributed by atoms with E-state index < -0.39 is 0 Å². The van der Waals surface area contributed by atoms with Crippen molar-refractivity contribution < 1.29 is 4.79 Å². The van der Waals surface area contributed by atoms with Crippen molar-refractivity contribution in [2.75, 3.05) is 6.54 Å². The Balaban J connectivity index is 1.67. The molecule has 1 aliphatic rings. The van der Waals surface area contributed by atoms with E-state index in [1.807, 2.05) is 29.2 Å². The molecule has 3 heterocycles. The number of fused-ring (bicyclic) bond motifs is 1. The molecule has 6 nitrogen and oxygen atoms in total. The van der Waals surface area contributed by atoms with Gasteiger partial charge in [-0.3, -0.25) is 4.79 Å². The molecule has 4 rings (SSSR count). The molecule has 0 bridgehead atoms. The van der Waals surface area contributed by atoms with Gasteiger partial charge in [0.1, 0.15) is 6.33 Å². The molecule has 0 radical (unpaired) electrons. The molecule has 7 heteroatoms. The van der Waals surface area contributed by atoms with E-state index in [-0.39, 0.29) is 5.91 Å². The average molecular weight is 311 g/mol. The van der Waals surface area contributed by atoms with E-state index in [2.05, 4.69) is 27.0 Å². The highest BCUT2D eigenvalue weighted by Crippen LogP contribution is 2.26. The Morgan fingerprint density at radius 2 is 2.14 bits per heavy atom. The number of hydrogen-bond acceptors (Lipinski definition) is 5. The first-order chi connectivity index (χ1) is 10.8. The predicted molar refractivity (Wildman–Crippen MR) is 81.9 cm³/mol. The van der Waals surface area contributed by atoms with Crippen LogP contribution < -0.4 is 0 Å². The van der Waals surface area contributed by atoms with Gasteiger partial charge in [-0.1, -0.05) is 12.1 Å². The number of nitrogens with zero attached hydrogens (tertiary/aromatic N) is 5. The second-order valence-corrected chi connectivity index (χ2v) is 6.12. The summed E-state index contributed by atoms with van der Waals surface area (Å²) in [5, 5.41) is 13.3. The molecule has 0 saturated heterocycles. The number of aromatic nitrogens is 4. The number of benzene rings is 1. The Morgan fingerprint density at radius 1 is 1.23 bits per heavy atom. The van der Waals surface area contributed by atoms with E-state index in [0.29, 0.717) is 17.8 Å². The van der Waals surface area contributed by atoms with Gasteiger partial charge in [0, 0.05) is 18.0 Å². The summed E-state index contributed by atoms with van der Waals surface area (Å²) < 4.78 is 1.52. The Morgan fingerprint density at radius 3 is 3.00 bits per heavy atom. The smallest absolute Gasteiger partial charge is 0.256 e. The number of amides is 1. The lowest BCUT2D eigenvalue weighted by Gasteiger charge is -2.27. The molecule has 0 atom stereocenters. The van der Waals surface area contributed by atoms with Crippen LogP contribution in [-0.2, 0) is 13.0 Å². The molecule has 1 aromatic carbocycles. The van der Waals surface area contributed by atoms with Crippen molar-refractivity contribution in [3.63, 3.8) is 0 Å². The average Bonchev–Trinajstić information content (AvgIpc) is 3.24. The second-order valence-electron chi connectivity index (χ2n) is 5.12. The highest BCUT2D eigenvalue weighted by molar-refractivity contribution is 7.10. The van der Waals surface area contributed by atoms with E-state index >= 15 is 0 Å². The third-order valence-electron chi connectivity index (χ3n) is 3.83. The highest BCUT2D eigenvalue weighted by Gasteiger charge is 2.24. The lowest BCUT2D eigenvalue weighted by molar-refractivity contribution is 0.0735. The van der Waals surface area contributed by atoms with Crippen molar-refractivity contribution >= 4 is 17.2 Å². The summed E-state index contributed by atoms with van der Waals surface area (Å²) in [6.07, 6.45) is 2.42. The topological polar surface area (TPSA) is 63.9 Å². The normalized spacial score (nSPS) is 13.9. The first kappa shape index (κ1) is 13.1. The third-order valence-corrected chi connectivity index (χ3v) is 4.85. The van der Waals surface area contributed by atoms with Crippen molar-refractivity contribution in [1.82, 2.24) is 25.1 Å². The monoisotopic (exact) mass is 311 g/mol. The van der Waals surface area contributed by atoms with Gasteiger partial charge in [-0.2, -0.15) is 4.68 Å². The van der Waals surface area contributed by atoms with Crippen LogP contribution in [0.2, 0.25) is 0 Å². The first-order valence-corrected chi connectivity index (χ1v) is 7.88. The molecule has 0 N–H and O–H groups in total. The lowest BCUT2D eigenvalue weighted by Crippen LogP contribution is -2.35. The summed E-state index contributed by atoms with van der Waals surface area (Å²) in [6.45, 7) is 1.41. The zero-order chi connectivity index (χ0) is 14.9. The van der Waals surface area contributed by atoms with Crippen molar-refractivity contribution in [2.24, 2.45) is 0 Å². The van der Waals surface area contributed by atoms with Crippen molar-refractivity contribution in [3.8, 4) is 5.69 Å². The van der Waals surface area contributed by atoms with Gasteiger partial charge in [0.25, 0.3) is 5.91 Å². The van der Waals surface area contributed by atoms with Crippen molar-refractivity contribution in [1.29, 1.82) is 0 Å². The first-order valence-electron chi connectivity index (χ1n) is 7.00. The minimum atomic E-state index is 0.0166. The van der Waals surface area contributed by atoms with Crippen LogP contribution in [0.4, 0.5) is 0 Å². The summed E-state index contributed by atoms with van der Waals surface area (Å²) in [5.41, 5.74) is 2.58. The molecule has 2 aromatic heterocycles. The van der Waals surface area contributed by atoms with Crippen LogP contribution in [0.15, 0.2) is 42.0 Å². The van der Waals surface area contributed by atoms with Crippen LogP contribution in [0.25, 0.3) is 5.69 Å². The summed E-state index contributed by atoms with van der Waals surface area (Å²) in [6, 6.07) is 9.51. The minimum absolute atomic E-state index is 0.0166. The summed E-state index contributed by atoms with van der Waals surface area (Å²) in [7, 11) is 0. The number of rotatable bonds is 2. The maximum Gasteiger partial charge on any atom is 0.256 e. The van der Waals surface area contributed by atoms with Gasteiger partial charge in [-0.05, 0) is 46.0 Å². The molecule has 1 aliphatic heterocycles. The van der Waals surface area contributed by atoms with Gasteiger partial charge in [0.2, 0.25) is 0 Å². The van der Waals surface area contributed by atoms with Crippen molar-refractivity contribution in [2.45, 2.75) is 13.0 Å². The highest BCUT2D eigenvalue weighted by atomic mass is 32.1. The quantitative estimate of drug-likeness (QED) is 0.725. The van der Waals surface area contributed by atoms with Gasteiger partial charge in [-0.25, -0.2) is 0 Å². The zero-order valence-electron chi connectivity index (χ0n) is 11.7. The number of carbonyl (C=O) groups excluding carboxylic acids is 1. The Kier molecular flexibility index (Phi) is 3.19. The van der Waals surface area contributed by atoms with E-state index in [9.17, 15) is 4.79 Å². The maximum absolute atomic E-state index is 12.9. The van der Waals surface area contributed by atoms with E-state index in [1.54, 1.807) is 11.3 Å². The van der Waals surface area contributed by atoms with Crippen LogP contribution in [0.5, 0.6) is 0 Å². The molecule has 0 aliphatic carbocycles. The van der Waals surface area contributed by atoms with E-state index in [1.165, 1.54) is 21.4 Å². The summed E-state index contributed by atoms with van der Waals surface area (Å²) >= 11 is 1.77. The molecule has 3 aromatic rings. The minimum Gasteiger partial charge on any atom is -0.334 e. The van der Waals surface area contributed by atoms with Gasteiger partial charge in [0.15, 0.2) is 0 Å². The largest absolute Gasteiger partial charge is 0.334 e. The Hall–Kier alpha value is -2.54. The summed E-state index contributed by atoms with van der Waals surface area (Å²) in [5.74, 6) is 0.0166. The molecular weight excluding hydrogens is 298 g/mol. The Labute approximate surface area is 131 Å². The second kappa shape index (κ2) is 5.34. The molecule has 0 fully saturated rings. The van der Waals surface area contributed by atoms with Gasteiger partial charge < -0.3 is 4.90 Å². The molecule has 1 amide bonds. The number of thiophene rings is 1. The summed E-state index contributed by atoms with van der Waals surface area (Å²) in [4.78, 5) is 16.2. The lowest BCUT2D eigenvalue weighted by atomic mass is 10.1. The van der Waals surface area contributed by atoms with Crippen molar-refractivity contribution in [3.05, 3.63) is 58.0 Å². The van der Waals surface area contributed by atoms with E-state index in [0.717, 1.165) is 13.0 Å². The molecule has 0 unspecified atom stereocenters. The zero-order valence-corrected chi connectivity index (χ0v) is 12.5. The molecule has 0 spiro atoms. The molecular formula is C15H13N5OS. The Bertz CT molecular complexity index is 811.